The Balaban J connectivity index is 4.09. The highest BCUT2D eigenvalue weighted by molar-refractivity contribution is 7.81. The Morgan fingerprint density at radius 1 is 0.417 bits per heavy atom. The maximum atomic E-state index is 11.4. The zero-order valence-corrected chi connectivity index (χ0v) is 21.3. The van der Waals surface area contributed by atoms with Gasteiger partial charge >= 0.3 is 54.7 Å². The monoisotopic (exact) mass is 660 g/mol. The Morgan fingerprint density at radius 2 is 0.583 bits per heavy atom. The van der Waals surface area contributed by atoms with Gasteiger partial charge in [0.05, 0.1) is 0 Å². The van der Waals surface area contributed by atoms with Crippen LogP contribution in [0, 0.1) is 0 Å². The van der Waals surface area contributed by atoms with Gasteiger partial charge < -0.3 is 29.4 Å². The summed E-state index contributed by atoms with van der Waals surface area (Å²) >= 11 is 0. The Hall–Kier alpha value is -0.0600. The van der Waals surface area contributed by atoms with Crippen molar-refractivity contribution in [3.63, 3.8) is 0 Å². The first-order valence-electron chi connectivity index (χ1n) is 7.76. The molecule has 0 amide bonds. The fraction of sp³-hybridized carbons (Fsp3) is 1.00. The van der Waals surface area contributed by atoms with E-state index in [1.165, 1.54) is 0 Å². The zero-order valence-electron chi connectivity index (χ0n) is 16.2. The van der Waals surface area contributed by atoms with Crippen molar-refractivity contribution in [1.82, 2.24) is 0 Å². The fourth-order valence-electron chi connectivity index (χ4n) is 2.71. The summed E-state index contributed by atoms with van der Waals surface area (Å²) in [6, 6.07) is 0. The maximum Gasteiger partial charge on any atom is 0.470 e. The van der Waals surface area contributed by atoms with E-state index in [0.29, 0.717) is 0 Å². The molecule has 216 valence electrons. The molecule has 36 heavy (non-hydrogen) atoms. The topological polar surface area (TPSA) is 391 Å². The molecule has 0 saturated heterocycles. The molecule has 1 aliphatic carbocycles. The molecule has 0 heterocycles. The van der Waals surface area contributed by atoms with Gasteiger partial charge in [0.2, 0.25) is 0 Å². The highest BCUT2D eigenvalue weighted by Gasteiger charge is 2.62. The molecular formula is C6H15O24P3S3. The van der Waals surface area contributed by atoms with Crippen LogP contribution in [-0.4, -0.2) is 105 Å². The van der Waals surface area contributed by atoms with Crippen LogP contribution in [0.5, 0.6) is 0 Å². The summed E-state index contributed by atoms with van der Waals surface area (Å²) in [5.41, 5.74) is 0. The summed E-state index contributed by atoms with van der Waals surface area (Å²) in [5.74, 6) is 0. The molecule has 1 rings (SSSR count). The van der Waals surface area contributed by atoms with Crippen LogP contribution < -0.4 is 0 Å². The zero-order chi connectivity index (χ0) is 28.7. The van der Waals surface area contributed by atoms with E-state index < -0.39 is 91.3 Å². The van der Waals surface area contributed by atoms with Gasteiger partial charge in [0, 0.05) is 0 Å². The smallest absolute Gasteiger partial charge is 0.303 e. The Bertz CT molecular complexity index is 1180. The number of phosphoric ester groups is 3. The second-order valence-electron chi connectivity index (χ2n) is 6.15. The average molecular weight is 660 g/mol. The van der Waals surface area contributed by atoms with Crippen LogP contribution in [0.15, 0.2) is 0 Å². The molecule has 0 aromatic rings. The van der Waals surface area contributed by atoms with Gasteiger partial charge in [0.25, 0.3) is 0 Å². The molecule has 6 atom stereocenters. The van der Waals surface area contributed by atoms with E-state index in [1.807, 2.05) is 0 Å². The molecule has 2 unspecified atom stereocenters. The molecule has 1 aliphatic rings. The first-order valence-corrected chi connectivity index (χ1v) is 16.4. The number of phosphoric acid groups is 3. The van der Waals surface area contributed by atoms with Crippen LogP contribution in [0.3, 0.4) is 0 Å². The molecule has 9 N–H and O–H groups in total. The molecule has 0 aliphatic heterocycles. The minimum Gasteiger partial charge on any atom is -0.303 e. The lowest BCUT2D eigenvalue weighted by molar-refractivity contribution is -0.194. The summed E-state index contributed by atoms with van der Waals surface area (Å²) in [7, 11) is -36.2. The summed E-state index contributed by atoms with van der Waals surface area (Å²) in [4.78, 5) is 54.6. The normalized spacial score (nSPS) is 29.2. The Labute approximate surface area is 199 Å². The fourth-order valence-corrected chi connectivity index (χ4v) is 5.88. The summed E-state index contributed by atoms with van der Waals surface area (Å²) in [5, 5.41) is 0. The van der Waals surface area contributed by atoms with Gasteiger partial charge in [0.1, 0.15) is 36.6 Å². The largest absolute Gasteiger partial charge is 0.470 e. The van der Waals surface area contributed by atoms with Crippen molar-refractivity contribution >= 4 is 54.7 Å². The number of hydrogen-bond donors (Lipinski definition) is 9. The molecule has 0 bridgehead atoms. The Kier molecular flexibility index (Phi) is 10.6. The van der Waals surface area contributed by atoms with Gasteiger partial charge in [-0.1, -0.05) is 0 Å². The third-order valence-corrected chi connectivity index (χ3v) is 6.37. The van der Waals surface area contributed by atoms with E-state index >= 15 is 0 Å². The molecule has 0 aromatic heterocycles. The van der Waals surface area contributed by atoms with Gasteiger partial charge in [-0.3, -0.25) is 27.2 Å². The van der Waals surface area contributed by atoms with Crippen LogP contribution >= 0.6 is 23.5 Å². The molecule has 24 nitrogen and oxygen atoms in total. The summed E-state index contributed by atoms with van der Waals surface area (Å²) < 4.78 is 152. The molecule has 1 saturated carbocycles. The quantitative estimate of drug-likeness (QED) is 0.0711. The first kappa shape index (κ1) is 34.0. The standard InChI is InChI=1S/C6H15O24P3S3/c7-31(8,9)25-1-2(26-32(10,11)12)4(28-34(16,17)18)6(30-36(22,23)24)5(29-35(19,20)21)3(1)27-33(13,14)15/h1-6H,(H2,7,8,9)(H2,10,11,12)(H2,13,14,15)(H,16,17,18)(H,19,20,21)(H,22,23,24)/t1?,2-,3+,4+,5-,6?. The summed E-state index contributed by atoms with van der Waals surface area (Å²) in [6.45, 7) is 0. The minimum absolute atomic E-state index is 3.23. The lowest BCUT2D eigenvalue weighted by atomic mass is 9.85. The van der Waals surface area contributed by atoms with Crippen molar-refractivity contribution in [3.8, 4) is 0 Å². The third kappa shape index (κ3) is 12.7. The second kappa shape index (κ2) is 11.2. The van der Waals surface area contributed by atoms with Crippen LogP contribution in [0.2, 0.25) is 0 Å². The van der Waals surface area contributed by atoms with Crippen molar-refractivity contribution in [2.75, 3.05) is 0 Å². The molecule has 1 fully saturated rings. The minimum atomic E-state index is -6.07. The average Bonchev–Trinajstić information content (AvgIpc) is 2.51. The van der Waals surface area contributed by atoms with Gasteiger partial charge in [0.15, 0.2) is 0 Å². The maximum absolute atomic E-state index is 11.4. The van der Waals surface area contributed by atoms with E-state index in [1.54, 1.807) is 0 Å². The van der Waals surface area contributed by atoms with Crippen LogP contribution in [0.4, 0.5) is 0 Å². The van der Waals surface area contributed by atoms with Gasteiger partial charge in [-0.2, -0.15) is 25.3 Å². The lowest BCUT2D eigenvalue weighted by Gasteiger charge is -2.46. The van der Waals surface area contributed by atoms with E-state index in [2.05, 4.69) is 26.1 Å². The third-order valence-electron chi connectivity index (χ3n) is 3.42. The highest BCUT2D eigenvalue weighted by atomic mass is 32.3. The highest BCUT2D eigenvalue weighted by Crippen LogP contribution is 2.51. The van der Waals surface area contributed by atoms with Gasteiger partial charge in [-0.15, -0.1) is 0 Å². The predicted octanol–water partition coefficient (Wildman–Crippen LogP) is -4.00. The van der Waals surface area contributed by atoms with Gasteiger partial charge in [-0.05, 0) is 0 Å². The molecule has 30 heteroatoms. The number of rotatable bonds is 12. The van der Waals surface area contributed by atoms with Crippen LogP contribution in [0.25, 0.3) is 0 Å². The van der Waals surface area contributed by atoms with Crippen molar-refractivity contribution in [2.45, 2.75) is 36.6 Å². The second-order valence-corrected chi connectivity index (χ2v) is 12.9. The van der Waals surface area contributed by atoms with Gasteiger partial charge in [-0.25, -0.2) is 26.2 Å². The number of hydrogen-bond acceptors (Lipinski definition) is 15. The molecule has 0 radical (unpaired) electrons. The van der Waals surface area contributed by atoms with E-state index in [4.69, 9.17) is 43.0 Å². The molecule has 0 aromatic carbocycles. The SMILES string of the molecule is O=P(O)(O)OC1[C@@H](OP(=O)(O)O)[C@H](OS(=O)(=O)O)C(OS(=O)(=O)O)[C@H](OS(=O)(=O)O)[C@H]1OP(=O)(O)O. The van der Waals surface area contributed by atoms with E-state index in [0.717, 1.165) is 0 Å². The lowest BCUT2D eigenvalue weighted by Crippen LogP contribution is -2.67. The van der Waals surface area contributed by atoms with Crippen molar-refractivity contribution < 1.29 is 108 Å². The van der Waals surface area contributed by atoms with E-state index in [9.17, 15) is 38.9 Å². The van der Waals surface area contributed by atoms with Crippen molar-refractivity contribution in [2.24, 2.45) is 0 Å². The van der Waals surface area contributed by atoms with Crippen molar-refractivity contribution in [3.05, 3.63) is 0 Å². The van der Waals surface area contributed by atoms with Crippen LogP contribution in [0.1, 0.15) is 0 Å². The van der Waals surface area contributed by atoms with Crippen LogP contribution in [-0.2, 0) is 71.0 Å². The molecular weight excluding hydrogens is 645 g/mol. The van der Waals surface area contributed by atoms with Crippen molar-refractivity contribution in [1.29, 1.82) is 0 Å². The first-order chi connectivity index (χ1) is 15.6. The van der Waals surface area contributed by atoms with E-state index in [-0.39, 0.29) is 0 Å². The summed E-state index contributed by atoms with van der Waals surface area (Å²) in [6.07, 6.45) is -19.6. The Morgan fingerprint density at radius 3 is 0.750 bits per heavy atom. The molecule has 0 spiro atoms. The predicted molar refractivity (Wildman–Crippen MR) is 100 cm³/mol.